The van der Waals surface area contributed by atoms with Crippen molar-refractivity contribution in [1.82, 2.24) is 14.5 Å². The van der Waals surface area contributed by atoms with Crippen molar-refractivity contribution in [2.75, 3.05) is 6.54 Å². The van der Waals surface area contributed by atoms with E-state index in [4.69, 9.17) is 5.73 Å². The van der Waals surface area contributed by atoms with Gasteiger partial charge in [-0.3, -0.25) is 9.59 Å². The second-order valence-corrected chi connectivity index (χ2v) is 5.18. The van der Waals surface area contributed by atoms with Crippen LogP contribution in [0.2, 0.25) is 0 Å². The summed E-state index contributed by atoms with van der Waals surface area (Å²) in [7, 11) is 0. The number of amides is 2. The molecule has 126 valence electrons. The van der Waals surface area contributed by atoms with Gasteiger partial charge in [-0.15, -0.1) is 0 Å². The highest BCUT2D eigenvalue weighted by Gasteiger charge is 2.18. The Morgan fingerprint density at radius 2 is 2.00 bits per heavy atom. The predicted octanol–water partition coefficient (Wildman–Crippen LogP) is 0.695. The Hall–Kier alpha value is -3.23. The van der Waals surface area contributed by atoms with Crippen molar-refractivity contribution in [3.05, 3.63) is 58.5 Å². The molecule has 2 rings (SSSR count). The maximum atomic E-state index is 12.5. The highest BCUT2D eigenvalue weighted by molar-refractivity contribution is 5.78. The topological polar surface area (TPSA) is 124 Å². The van der Waals surface area contributed by atoms with Crippen LogP contribution in [-0.2, 0) is 22.7 Å². The number of carbonyl (C=O) groups is 2. The number of rotatable bonds is 8. The van der Waals surface area contributed by atoms with Gasteiger partial charge in [0.05, 0.1) is 0 Å². The summed E-state index contributed by atoms with van der Waals surface area (Å²) in [6.45, 7) is 0.399. The van der Waals surface area contributed by atoms with E-state index in [2.05, 4.69) is 4.98 Å². The lowest BCUT2D eigenvalue weighted by Gasteiger charge is -2.22. The summed E-state index contributed by atoms with van der Waals surface area (Å²) in [5, 5.41) is 10.6. The molecule has 2 amide bonds. The number of hydrogen-bond acceptors (Lipinski definition) is 5. The van der Waals surface area contributed by atoms with E-state index in [0.717, 1.165) is 5.56 Å². The molecule has 2 aromatic rings. The zero-order valence-corrected chi connectivity index (χ0v) is 12.9. The molecule has 0 saturated heterocycles. The molecule has 1 aromatic heterocycles. The van der Waals surface area contributed by atoms with Gasteiger partial charge in [0.1, 0.15) is 12.7 Å². The summed E-state index contributed by atoms with van der Waals surface area (Å²) in [5.74, 6) is -1.11. The minimum Gasteiger partial charge on any atom is -0.370 e. The largest absolute Gasteiger partial charge is 0.381 e. The van der Waals surface area contributed by atoms with Gasteiger partial charge in [0, 0.05) is 19.5 Å². The molecule has 0 aliphatic rings. The number of nitro groups is 1. The molecule has 0 aliphatic carbocycles. The Balaban J connectivity index is 2.07. The maximum Gasteiger partial charge on any atom is 0.381 e. The smallest absolute Gasteiger partial charge is 0.370 e. The lowest BCUT2D eigenvalue weighted by Crippen LogP contribution is -2.35. The van der Waals surface area contributed by atoms with E-state index >= 15 is 0 Å². The van der Waals surface area contributed by atoms with Crippen LogP contribution in [0.1, 0.15) is 12.0 Å². The lowest BCUT2D eigenvalue weighted by molar-refractivity contribution is -0.389. The fourth-order valence-electron chi connectivity index (χ4n) is 2.13. The average molecular weight is 331 g/mol. The van der Waals surface area contributed by atoms with Gasteiger partial charge in [0.15, 0.2) is 0 Å². The molecule has 2 N–H and O–H groups in total. The molecule has 9 heteroatoms. The van der Waals surface area contributed by atoms with E-state index in [0.29, 0.717) is 6.54 Å². The van der Waals surface area contributed by atoms with Gasteiger partial charge in [-0.05, 0) is 15.5 Å². The molecule has 24 heavy (non-hydrogen) atoms. The van der Waals surface area contributed by atoms with E-state index in [1.165, 1.54) is 22.0 Å². The van der Waals surface area contributed by atoms with Crippen molar-refractivity contribution in [1.29, 1.82) is 0 Å². The first-order valence-electron chi connectivity index (χ1n) is 7.22. The molecule has 0 atom stereocenters. The van der Waals surface area contributed by atoms with Crippen molar-refractivity contribution < 1.29 is 14.5 Å². The van der Waals surface area contributed by atoms with Crippen LogP contribution < -0.4 is 5.73 Å². The Morgan fingerprint density at radius 1 is 1.29 bits per heavy atom. The molecule has 1 heterocycles. The second-order valence-electron chi connectivity index (χ2n) is 5.18. The first kappa shape index (κ1) is 17.1. The number of carbonyl (C=O) groups excluding carboxylic acids is 2. The molecule has 9 nitrogen and oxygen atoms in total. The molecule has 0 saturated carbocycles. The third-order valence-electron chi connectivity index (χ3n) is 3.32. The van der Waals surface area contributed by atoms with Gasteiger partial charge in [-0.1, -0.05) is 30.3 Å². The fraction of sp³-hybridized carbons (Fsp3) is 0.267. The van der Waals surface area contributed by atoms with Crippen molar-refractivity contribution in [2.24, 2.45) is 5.73 Å². The van der Waals surface area contributed by atoms with Crippen LogP contribution in [0.4, 0.5) is 5.82 Å². The minimum absolute atomic E-state index is 0.0443. The third-order valence-corrected chi connectivity index (χ3v) is 3.32. The molecule has 0 fully saturated rings. The van der Waals surface area contributed by atoms with Crippen LogP contribution in [0.25, 0.3) is 0 Å². The van der Waals surface area contributed by atoms with Crippen LogP contribution in [0.15, 0.2) is 42.9 Å². The molecular weight excluding hydrogens is 314 g/mol. The number of imidazole rings is 1. The summed E-state index contributed by atoms with van der Waals surface area (Å²) in [5.41, 5.74) is 6.07. The number of aromatic nitrogens is 2. The van der Waals surface area contributed by atoms with Crippen molar-refractivity contribution in [3.8, 4) is 0 Å². The quantitative estimate of drug-likeness (QED) is 0.563. The third kappa shape index (κ3) is 4.90. The second kappa shape index (κ2) is 7.86. The molecule has 0 unspecified atom stereocenters. The summed E-state index contributed by atoms with van der Waals surface area (Å²) in [6.07, 6.45) is 2.46. The zero-order chi connectivity index (χ0) is 17.5. The molecular formula is C15H17N5O4. The Labute approximate surface area is 137 Å². The van der Waals surface area contributed by atoms with Crippen LogP contribution >= 0.6 is 0 Å². The number of nitrogens with two attached hydrogens (primary N) is 1. The minimum atomic E-state index is -0.629. The van der Waals surface area contributed by atoms with Gasteiger partial charge in [-0.2, -0.15) is 0 Å². The molecule has 0 spiro atoms. The first-order chi connectivity index (χ1) is 11.5. The normalized spacial score (nSPS) is 10.3. The lowest BCUT2D eigenvalue weighted by atomic mass is 10.2. The van der Waals surface area contributed by atoms with E-state index in [9.17, 15) is 19.7 Å². The molecule has 0 aliphatic heterocycles. The van der Waals surface area contributed by atoms with E-state index in [1.807, 2.05) is 30.3 Å². The van der Waals surface area contributed by atoms with Gasteiger partial charge in [0.2, 0.25) is 18.1 Å². The summed E-state index contributed by atoms with van der Waals surface area (Å²) >= 11 is 0. The van der Waals surface area contributed by atoms with Crippen molar-refractivity contribution in [3.63, 3.8) is 0 Å². The fourth-order valence-corrected chi connectivity index (χ4v) is 2.13. The van der Waals surface area contributed by atoms with Gasteiger partial charge in [-0.25, -0.2) is 0 Å². The number of nitrogens with zero attached hydrogens (tertiary/aromatic N) is 4. The molecule has 0 bridgehead atoms. The monoisotopic (exact) mass is 331 g/mol. The Morgan fingerprint density at radius 3 is 2.58 bits per heavy atom. The van der Waals surface area contributed by atoms with Crippen molar-refractivity contribution in [2.45, 2.75) is 19.5 Å². The van der Waals surface area contributed by atoms with Crippen LogP contribution in [0, 0.1) is 10.1 Å². The van der Waals surface area contributed by atoms with E-state index in [1.54, 1.807) is 0 Å². The summed E-state index contributed by atoms with van der Waals surface area (Å²) in [6, 6.07) is 9.31. The maximum absolute atomic E-state index is 12.5. The van der Waals surface area contributed by atoms with Crippen LogP contribution in [0.3, 0.4) is 0 Å². The highest BCUT2D eigenvalue weighted by atomic mass is 16.6. The average Bonchev–Trinajstić information content (AvgIpc) is 3.01. The Bertz CT molecular complexity index is 728. The number of primary amides is 1. The summed E-state index contributed by atoms with van der Waals surface area (Å²) in [4.78, 5) is 38.6. The van der Waals surface area contributed by atoms with E-state index < -0.39 is 10.8 Å². The standard InChI is InChI=1S/C15H17N5O4/c16-13(21)6-7-19(8-12-4-2-1-3-5-12)15(22)10-18-9-14(17-11-18)20(23)24/h1-5,9,11H,6-8,10H2,(H2,16,21). The van der Waals surface area contributed by atoms with Gasteiger partial charge < -0.3 is 25.3 Å². The Kier molecular flexibility index (Phi) is 5.61. The number of benzene rings is 1. The highest BCUT2D eigenvalue weighted by Crippen LogP contribution is 2.09. The first-order valence-corrected chi connectivity index (χ1v) is 7.22. The van der Waals surface area contributed by atoms with Gasteiger partial charge >= 0.3 is 5.82 Å². The molecule has 0 radical (unpaired) electrons. The van der Waals surface area contributed by atoms with Crippen molar-refractivity contribution >= 4 is 17.6 Å². The predicted molar refractivity (Wildman–Crippen MR) is 84.6 cm³/mol. The summed E-state index contributed by atoms with van der Waals surface area (Å²) < 4.78 is 1.34. The van der Waals surface area contributed by atoms with Crippen LogP contribution in [-0.4, -0.2) is 37.7 Å². The zero-order valence-electron chi connectivity index (χ0n) is 12.9. The van der Waals surface area contributed by atoms with E-state index in [-0.39, 0.29) is 31.2 Å². The van der Waals surface area contributed by atoms with Crippen LogP contribution in [0.5, 0.6) is 0 Å². The SMILES string of the molecule is NC(=O)CCN(Cc1ccccc1)C(=O)Cn1cnc([N+](=O)[O-])c1. The number of hydrogen-bond donors (Lipinski definition) is 1. The molecule has 1 aromatic carbocycles. The van der Waals surface area contributed by atoms with Gasteiger partial charge in [0.25, 0.3) is 0 Å².